The van der Waals surface area contributed by atoms with E-state index in [4.69, 9.17) is 9.72 Å². The SMILES string of the molecule is Cn1cc(-c2ccc3c(c2)CCN3c2ncc3c(n2)n(C2CCOCC2)c(=O)n3C)cn1. The van der Waals surface area contributed by atoms with Gasteiger partial charge in [-0.05, 0) is 42.5 Å². The van der Waals surface area contributed by atoms with Gasteiger partial charge in [0, 0.05) is 57.3 Å². The number of imidazole rings is 1. The topological polar surface area (TPSA) is 83.0 Å². The van der Waals surface area contributed by atoms with E-state index in [0.29, 0.717) is 24.8 Å². The van der Waals surface area contributed by atoms with Crippen molar-refractivity contribution in [2.75, 3.05) is 24.7 Å². The molecule has 0 aliphatic carbocycles. The Morgan fingerprint density at radius 1 is 1.09 bits per heavy atom. The van der Waals surface area contributed by atoms with Crippen LogP contribution in [0.3, 0.4) is 0 Å². The van der Waals surface area contributed by atoms with E-state index in [0.717, 1.165) is 48.1 Å². The summed E-state index contributed by atoms with van der Waals surface area (Å²) in [5, 5.41) is 4.28. The summed E-state index contributed by atoms with van der Waals surface area (Å²) in [7, 11) is 3.71. The Kier molecular flexibility index (Phi) is 4.39. The first-order valence-electron chi connectivity index (χ1n) is 11.0. The fraction of sp³-hybridized carbons (Fsp3) is 0.391. The highest BCUT2D eigenvalue weighted by Gasteiger charge is 2.27. The lowest BCUT2D eigenvalue weighted by atomic mass is 10.0. The molecule has 2 aliphatic heterocycles. The molecule has 9 heteroatoms. The Morgan fingerprint density at radius 3 is 2.72 bits per heavy atom. The van der Waals surface area contributed by atoms with Gasteiger partial charge in [-0.2, -0.15) is 10.1 Å². The van der Waals surface area contributed by atoms with Crippen molar-refractivity contribution in [2.24, 2.45) is 14.1 Å². The van der Waals surface area contributed by atoms with Gasteiger partial charge in [-0.3, -0.25) is 13.8 Å². The number of benzene rings is 1. The molecule has 0 spiro atoms. The zero-order valence-corrected chi connectivity index (χ0v) is 18.2. The number of anilines is 2. The van der Waals surface area contributed by atoms with Gasteiger partial charge in [0.2, 0.25) is 5.95 Å². The summed E-state index contributed by atoms with van der Waals surface area (Å²) in [5.74, 6) is 0.636. The van der Waals surface area contributed by atoms with Crippen molar-refractivity contribution < 1.29 is 4.74 Å². The van der Waals surface area contributed by atoms with Crippen LogP contribution >= 0.6 is 0 Å². The molecule has 2 aliphatic rings. The quantitative estimate of drug-likeness (QED) is 0.496. The highest BCUT2D eigenvalue weighted by Crippen LogP contribution is 2.36. The molecule has 0 atom stereocenters. The Bertz CT molecular complexity index is 1380. The molecule has 6 rings (SSSR count). The fourth-order valence-electron chi connectivity index (χ4n) is 4.89. The molecule has 0 unspecified atom stereocenters. The van der Waals surface area contributed by atoms with E-state index < -0.39 is 0 Å². The minimum absolute atomic E-state index is 0.0405. The Morgan fingerprint density at radius 2 is 1.94 bits per heavy atom. The molecule has 0 bridgehead atoms. The third-order valence-electron chi connectivity index (χ3n) is 6.63. The van der Waals surface area contributed by atoms with Crippen LogP contribution in [0.5, 0.6) is 0 Å². The molecule has 5 heterocycles. The number of aromatic nitrogens is 6. The van der Waals surface area contributed by atoms with E-state index in [9.17, 15) is 4.79 Å². The number of hydrogen-bond donors (Lipinski definition) is 0. The van der Waals surface area contributed by atoms with Crippen LogP contribution in [0, 0.1) is 0 Å². The van der Waals surface area contributed by atoms with Crippen LogP contribution in [-0.4, -0.2) is 48.6 Å². The van der Waals surface area contributed by atoms with Gasteiger partial charge in [-0.25, -0.2) is 9.78 Å². The van der Waals surface area contributed by atoms with E-state index in [1.165, 1.54) is 5.56 Å². The van der Waals surface area contributed by atoms with Gasteiger partial charge in [-0.1, -0.05) is 6.07 Å². The molecule has 1 fully saturated rings. The molecule has 3 aromatic heterocycles. The van der Waals surface area contributed by atoms with Gasteiger partial charge >= 0.3 is 5.69 Å². The lowest BCUT2D eigenvalue weighted by molar-refractivity contribution is 0.0695. The summed E-state index contributed by atoms with van der Waals surface area (Å²) in [5.41, 5.74) is 6.08. The van der Waals surface area contributed by atoms with Crippen LogP contribution in [-0.2, 0) is 25.3 Å². The van der Waals surface area contributed by atoms with Crippen LogP contribution in [0.2, 0.25) is 0 Å². The predicted octanol–water partition coefficient (Wildman–Crippen LogP) is 2.58. The number of rotatable bonds is 3. The molecule has 4 aromatic rings. The van der Waals surface area contributed by atoms with Crippen molar-refractivity contribution in [3.05, 3.63) is 52.8 Å². The maximum absolute atomic E-state index is 13.0. The third kappa shape index (κ3) is 2.96. The van der Waals surface area contributed by atoms with Crippen LogP contribution in [0.25, 0.3) is 22.3 Å². The van der Waals surface area contributed by atoms with Gasteiger partial charge in [0.25, 0.3) is 0 Å². The molecule has 0 N–H and O–H groups in total. The third-order valence-corrected chi connectivity index (χ3v) is 6.63. The van der Waals surface area contributed by atoms with Gasteiger partial charge in [0.05, 0.1) is 12.4 Å². The monoisotopic (exact) mass is 431 g/mol. The van der Waals surface area contributed by atoms with E-state index in [2.05, 4.69) is 33.2 Å². The lowest BCUT2D eigenvalue weighted by Gasteiger charge is -2.23. The van der Waals surface area contributed by atoms with Crippen molar-refractivity contribution in [1.29, 1.82) is 0 Å². The summed E-state index contributed by atoms with van der Waals surface area (Å²) in [6.45, 7) is 2.15. The number of ether oxygens (including phenoxy) is 1. The number of fused-ring (bicyclic) bond motifs is 2. The second kappa shape index (κ2) is 7.30. The molecule has 9 nitrogen and oxygen atoms in total. The molecule has 0 amide bonds. The number of nitrogens with zero attached hydrogens (tertiary/aromatic N) is 7. The maximum Gasteiger partial charge on any atom is 0.330 e. The van der Waals surface area contributed by atoms with E-state index >= 15 is 0 Å². The highest BCUT2D eigenvalue weighted by atomic mass is 16.5. The molecule has 1 saturated heterocycles. The lowest BCUT2D eigenvalue weighted by Crippen LogP contribution is -2.30. The standard InChI is InChI=1S/C23H25N7O2/c1-27-14-17(12-25-27)15-3-4-19-16(11-15)5-8-29(19)22-24-13-20-21(26-22)30(23(31)28(20)2)18-6-9-32-10-7-18/h3-4,11-14,18H,5-10H2,1-2H3. The molecule has 1 aromatic carbocycles. The highest BCUT2D eigenvalue weighted by molar-refractivity contribution is 5.76. The van der Waals surface area contributed by atoms with E-state index in [1.807, 2.05) is 28.7 Å². The Hall–Kier alpha value is -3.46. The van der Waals surface area contributed by atoms with Gasteiger partial charge in [0.1, 0.15) is 5.52 Å². The minimum atomic E-state index is -0.0405. The second-order valence-electron chi connectivity index (χ2n) is 8.58. The zero-order chi connectivity index (χ0) is 21.8. The van der Waals surface area contributed by atoms with Crippen molar-refractivity contribution in [2.45, 2.75) is 25.3 Å². The summed E-state index contributed by atoms with van der Waals surface area (Å²) in [4.78, 5) is 24.7. The van der Waals surface area contributed by atoms with E-state index in [-0.39, 0.29) is 11.7 Å². The Balaban J connectivity index is 1.40. The first-order valence-corrected chi connectivity index (χ1v) is 11.0. The summed E-state index contributed by atoms with van der Waals surface area (Å²) < 4.78 is 10.8. The maximum atomic E-state index is 13.0. The molecule has 32 heavy (non-hydrogen) atoms. The minimum Gasteiger partial charge on any atom is -0.381 e. The van der Waals surface area contributed by atoms with Gasteiger partial charge in [-0.15, -0.1) is 0 Å². The Labute approximate surface area is 184 Å². The summed E-state index contributed by atoms with van der Waals surface area (Å²) in [6, 6.07) is 6.59. The van der Waals surface area contributed by atoms with Crippen LogP contribution in [0.15, 0.2) is 41.6 Å². The first kappa shape index (κ1) is 19.2. The summed E-state index contributed by atoms with van der Waals surface area (Å²) in [6.07, 6.45) is 8.25. The molecular formula is C23H25N7O2. The van der Waals surface area contributed by atoms with Gasteiger partial charge < -0.3 is 9.64 Å². The molecule has 0 saturated carbocycles. The van der Waals surface area contributed by atoms with Crippen LogP contribution in [0.4, 0.5) is 11.6 Å². The number of aryl methyl sites for hydroxylation is 2. The van der Waals surface area contributed by atoms with Crippen molar-refractivity contribution in [1.82, 2.24) is 28.9 Å². The normalized spacial score (nSPS) is 16.8. The van der Waals surface area contributed by atoms with E-state index in [1.54, 1.807) is 17.8 Å². The smallest absolute Gasteiger partial charge is 0.330 e. The van der Waals surface area contributed by atoms with Crippen LogP contribution < -0.4 is 10.6 Å². The van der Waals surface area contributed by atoms with Crippen LogP contribution in [0.1, 0.15) is 24.4 Å². The number of hydrogen-bond acceptors (Lipinski definition) is 6. The van der Waals surface area contributed by atoms with Crippen molar-refractivity contribution in [3.8, 4) is 11.1 Å². The fourth-order valence-corrected chi connectivity index (χ4v) is 4.89. The molecule has 164 valence electrons. The zero-order valence-electron chi connectivity index (χ0n) is 18.2. The first-order chi connectivity index (χ1) is 15.6. The second-order valence-corrected chi connectivity index (χ2v) is 8.58. The van der Waals surface area contributed by atoms with Gasteiger partial charge in [0.15, 0.2) is 5.65 Å². The predicted molar refractivity (Wildman–Crippen MR) is 121 cm³/mol. The average Bonchev–Trinajstić information content (AvgIpc) is 3.50. The summed E-state index contributed by atoms with van der Waals surface area (Å²) >= 11 is 0. The largest absolute Gasteiger partial charge is 0.381 e. The molecule has 0 radical (unpaired) electrons. The van der Waals surface area contributed by atoms with Crippen molar-refractivity contribution in [3.63, 3.8) is 0 Å². The average molecular weight is 432 g/mol. The molecular weight excluding hydrogens is 406 g/mol. The van der Waals surface area contributed by atoms with Crippen molar-refractivity contribution >= 4 is 22.8 Å².